The van der Waals surface area contributed by atoms with Crippen molar-refractivity contribution < 1.29 is 4.39 Å². The lowest BCUT2D eigenvalue weighted by molar-refractivity contribution is 0.624. The Labute approximate surface area is 124 Å². The summed E-state index contributed by atoms with van der Waals surface area (Å²) in [5, 5.41) is 0.124. The highest BCUT2D eigenvalue weighted by molar-refractivity contribution is 6.30. The molecule has 106 valence electrons. The van der Waals surface area contributed by atoms with Gasteiger partial charge in [-0.25, -0.2) is 4.39 Å². The Balaban J connectivity index is 2.45. The summed E-state index contributed by atoms with van der Waals surface area (Å²) < 4.78 is 13.6. The third kappa shape index (κ3) is 3.02. The van der Waals surface area contributed by atoms with Gasteiger partial charge in [-0.15, -0.1) is 0 Å². The lowest BCUT2D eigenvalue weighted by atomic mass is 9.92. The minimum Gasteiger partial charge on any atom is -0.320 e. The molecule has 2 aromatic rings. The molecule has 0 heterocycles. The fourth-order valence-electron chi connectivity index (χ4n) is 2.36. The monoisotopic (exact) mass is 291 g/mol. The van der Waals surface area contributed by atoms with Gasteiger partial charge in [0.1, 0.15) is 5.82 Å². The van der Waals surface area contributed by atoms with Gasteiger partial charge in [-0.1, -0.05) is 49.7 Å². The Morgan fingerprint density at radius 1 is 1.10 bits per heavy atom. The molecule has 0 radical (unpaired) electrons. The second kappa shape index (κ2) is 6.38. The normalized spacial score (nSPS) is 12.4. The summed E-state index contributed by atoms with van der Waals surface area (Å²) in [5.74, 6) is -0.427. The minimum absolute atomic E-state index is 0.124. The second-order valence-electron chi connectivity index (χ2n) is 4.89. The van der Waals surface area contributed by atoms with Crippen LogP contribution in [0, 0.1) is 5.82 Å². The largest absolute Gasteiger partial charge is 0.320 e. The van der Waals surface area contributed by atoms with Gasteiger partial charge in [0.2, 0.25) is 0 Å². The fourth-order valence-corrected chi connectivity index (χ4v) is 2.48. The molecular formula is C17H19ClFN. The highest BCUT2D eigenvalue weighted by Gasteiger charge is 2.14. The maximum atomic E-state index is 13.6. The van der Waals surface area contributed by atoms with Gasteiger partial charge in [0.25, 0.3) is 0 Å². The zero-order valence-corrected chi connectivity index (χ0v) is 12.5. The van der Waals surface area contributed by atoms with E-state index in [2.05, 4.69) is 32.0 Å². The first-order valence-electron chi connectivity index (χ1n) is 6.89. The molecule has 2 N–H and O–H groups in total. The van der Waals surface area contributed by atoms with Crippen molar-refractivity contribution in [2.45, 2.75) is 32.7 Å². The average Bonchev–Trinajstić information content (AvgIpc) is 2.48. The molecule has 0 aliphatic carbocycles. The number of benzene rings is 2. The molecule has 2 aromatic carbocycles. The van der Waals surface area contributed by atoms with Gasteiger partial charge in [0.15, 0.2) is 0 Å². The molecule has 0 saturated carbocycles. The molecule has 0 aliphatic rings. The van der Waals surface area contributed by atoms with E-state index in [1.165, 1.54) is 17.2 Å². The third-order valence-electron chi connectivity index (χ3n) is 3.64. The van der Waals surface area contributed by atoms with E-state index in [0.717, 1.165) is 24.0 Å². The molecule has 1 unspecified atom stereocenters. The van der Waals surface area contributed by atoms with Crippen molar-refractivity contribution >= 4 is 11.6 Å². The van der Waals surface area contributed by atoms with Crippen molar-refractivity contribution in [3.63, 3.8) is 0 Å². The molecule has 2 rings (SSSR count). The molecule has 0 saturated heterocycles. The number of nitrogens with two attached hydrogens (primary N) is 1. The van der Waals surface area contributed by atoms with Crippen molar-refractivity contribution in [2.24, 2.45) is 5.73 Å². The van der Waals surface area contributed by atoms with Crippen LogP contribution in [0.15, 0.2) is 36.4 Å². The molecule has 0 aromatic heterocycles. The van der Waals surface area contributed by atoms with Gasteiger partial charge in [-0.3, -0.25) is 0 Å². The van der Waals surface area contributed by atoms with E-state index < -0.39 is 5.82 Å². The standard InChI is InChI=1S/C17H19ClFN/c1-3-11-5-6-12(4-2)14(9-11)17(20)13-7-8-15(18)16(19)10-13/h5-10,17H,3-4,20H2,1-2H3. The molecule has 0 aliphatic heterocycles. The Morgan fingerprint density at radius 2 is 1.85 bits per heavy atom. The summed E-state index contributed by atoms with van der Waals surface area (Å²) in [7, 11) is 0. The molecular weight excluding hydrogens is 273 g/mol. The summed E-state index contributed by atoms with van der Waals surface area (Å²) in [5.41, 5.74) is 10.6. The quantitative estimate of drug-likeness (QED) is 0.871. The molecule has 0 bridgehead atoms. The van der Waals surface area contributed by atoms with E-state index in [0.29, 0.717) is 0 Å². The molecule has 0 fully saturated rings. The SMILES string of the molecule is CCc1ccc(CC)c(C(N)c2ccc(Cl)c(F)c2)c1. The van der Waals surface area contributed by atoms with Crippen molar-refractivity contribution in [1.82, 2.24) is 0 Å². The van der Waals surface area contributed by atoms with Gasteiger partial charge < -0.3 is 5.73 Å². The maximum Gasteiger partial charge on any atom is 0.142 e. The van der Waals surface area contributed by atoms with Gasteiger partial charge in [-0.05, 0) is 47.2 Å². The van der Waals surface area contributed by atoms with Crippen molar-refractivity contribution in [3.05, 3.63) is 69.5 Å². The van der Waals surface area contributed by atoms with Crippen LogP contribution in [-0.2, 0) is 12.8 Å². The number of rotatable bonds is 4. The third-order valence-corrected chi connectivity index (χ3v) is 3.94. The average molecular weight is 292 g/mol. The predicted molar refractivity (Wildman–Crippen MR) is 82.6 cm³/mol. The Hall–Kier alpha value is -1.38. The van der Waals surface area contributed by atoms with E-state index in [1.54, 1.807) is 12.1 Å². The second-order valence-corrected chi connectivity index (χ2v) is 5.30. The Morgan fingerprint density at radius 3 is 2.45 bits per heavy atom. The first-order chi connectivity index (χ1) is 9.56. The van der Waals surface area contributed by atoms with Gasteiger partial charge in [0.05, 0.1) is 11.1 Å². The highest BCUT2D eigenvalue weighted by Crippen LogP contribution is 2.27. The Kier molecular flexibility index (Phi) is 4.79. The van der Waals surface area contributed by atoms with E-state index in [-0.39, 0.29) is 11.1 Å². The highest BCUT2D eigenvalue weighted by atomic mass is 35.5. The minimum atomic E-state index is -0.427. The fraction of sp³-hybridized carbons (Fsp3) is 0.294. The van der Waals surface area contributed by atoms with Crippen LogP contribution in [0.2, 0.25) is 5.02 Å². The van der Waals surface area contributed by atoms with E-state index in [4.69, 9.17) is 17.3 Å². The topological polar surface area (TPSA) is 26.0 Å². The summed E-state index contributed by atoms with van der Waals surface area (Å²) in [4.78, 5) is 0. The van der Waals surface area contributed by atoms with Crippen LogP contribution in [0.3, 0.4) is 0 Å². The molecule has 20 heavy (non-hydrogen) atoms. The van der Waals surface area contributed by atoms with Gasteiger partial charge >= 0.3 is 0 Å². The Bertz CT molecular complexity index is 610. The van der Waals surface area contributed by atoms with Crippen LogP contribution in [0.5, 0.6) is 0 Å². The molecule has 0 spiro atoms. The van der Waals surface area contributed by atoms with Crippen molar-refractivity contribution in [1.29, 1.82) is 0 Å². The van der Waals surface area contributed by atoms with Crippen LogP contribution >= 0.6 is 11.6 Å². The van der Waals surface area contributed by atoms with Crippen LogP contribution in [-0.4, -0.2) is 0 Å². The van der Waals surface area contributed by atoms with E-state index in [9.17, 15) is 4.39 Å². The maximum absolute atomic E-state index is 13.6. The molecule has 1 nitrogen and oxygen atoms in total. The van der Waals surface area contributed by atoms with E-state index in [1.807, 2.05) is 0 Å². The molecule has 1 atom stereocenters. The van der Waals surface area contributed by atoms with Crippen LogP contribution in [0.1, 0.15) is 42.1 Å². The lowest BCUT2D eigenvalue weighted by Crippen LogP contribution is -2.14. The van der Waals surface area contributed by atoms with Gasteiger partial charge in [0, 0.05) is 0 Å². The summed E-state index contributed by atoms with van der Waals surface area (Å²) >= 11 is 5.72. The van der Waals surface area contributed by atoms with Crippen molar-refractivity contribution in [3.8, 4) is 0 Å². The summed E-state index contributed by atoms with van der Waals surface area (Å²) in [6, 6.07) is 10.8. The summed E-state index contributed by atoms with van der Waals surface area (Å²) in [6.07, 6.45) is 1.86. The van der Waals surface area contributed by atoms with Crippen LogP contribution < -0.4 is 5.73 Å². The number of aryl methyl sites for hydroxylation is 2. The number of hydrogen-bond acceptors (Lipinski definition) is 1. The lowest BCUT2D eigenvalue weighted by Gasteiger charge is -2.18. The summed E-state index contributed by atoms with van der Waals surface area (Å²) in [6.45, 7) is 4.21. The molecule has 3 heteroatoms. The zero-order valence-electron chi connectivity index (χ0n) is 11.8. The molecule has 0 amide bonds. The number of hydrogen-bond donors (Lipinski definition) is 1. The first-order valence-corrected chi connectivity index (χ1v) is 7.26. The zero-order chi connectivity index (χ0) is 14.7. The smallest absolute Gasteiger partial charge is 0.142 e. The first kappa shape index (κ1) is 15.0. The van der Waals surface area contributed by atoms with Crippen LogP contribution in [0.25, 0.3) is 0 Å². The van der Waals surface area contributed by atoms with Crippen LogP contribution in [0.4, 0.5) is 4.39 Å². The van der Waals surface area contributed by atoms with E-state index >= 15 is 0 Å². The number of halogens is 2. The van der Waals surface area contributed by atoms with Gasteiger partial charge in [-0.2, -0.15) is 0 Å². The predicted octanol–water partition coefficient (Wildman–Crippen LogP) is 4.65. The van der Waals surface area contributed by atoms with Crippen molar-refractivity contribution in [2.75, 3.05) is 0 Å².